The van der Waals surface area contributed by atoms with Gasteiger partial charge in [0.15, 0.2) is 0 Å². The fourth-order valence-electron chi connectivity index (χ4n) is 1.53. The molecule has 0 saturated heterocycles. The number of amides is 1. The summed E-state index contributed by atoms with van der Waals surface area (Å²) in [5.41, 5.74) is 0.164. The second-order valence-electron chi connectivity index (χ2n) is 4.55. The molecule has 6 heteroatoms. The van der Waals surface area contributed by atoms with Crippen molar-refractivity contribution in [2.45, 2.75) is 26.3 Å². The lowest BCUT2D eigenvalue weighted by atomic mass is 10.0. The maximum absolute atomic E-state index is 13.3. The van der Waals surface area contributed by atoms with E-state index in [4.69, 9.17) is 5.11 Å². The van der Waals surface area contributed by atoms with Gasteiger partial charge in [-0.2, -0.15) is 0 Å². The fraction of sp³-hybridized carbons (Fsp3) is 0.385. The highest BCUT2D eigenvalue weighted by atomic mass is 79.9. The Morgan fingerprint density at radius 1 is 1.42 bits per heavy atom. The van der Waals surface area contributed by atoms with Crippen molar-refractivity contribution in [1.82, 2.24) is 5.32 Å². The molecule has 4 nitrogen and oxygen atoms in total. The first kappa shape index (κ1) is 15.6. The Morgan fingerprint density at radius 2 is 2.05 bits per heavy atom. The number of carboxylic acid groups (broad SMARTS) is 1. The van der Waals surface area contributed by atoms with E-state index in [-0.39, 0.29) is 22.4 Å². The minimum Gasteiger partial charge on any atom is -0.481 e. The van der Waals surface area contributed by atoms with E-state index in [1.807, 2.05) is 13.8 Å². The number of carboxylic acids is 1. The van der Waals surface area contributed by atoms with Crippen LogP contribution in [0.2, 0.25) is 0 Å². The molecule has 0 radical (unpaired) electrons. The summed E-state index contributed by atoms with van der Waals surface area (Å²) in [5.74, 6) is -2.03. The second kappa shape index (κ2) is 6.65. The van der Waals surface area contributed by atoms with E-state index in [0.717, 1.165) is 6.07 Å². The minimum atomic E-state index is -0.985. The number of benzene rings is 1. The third-order valence-electron chi connectivity index (χ3n) is 2.70. The van der Waals surface area contributed by atoms with Crippen molar-refractivity contribution in [2.24, 2.45) is 5.92 Å². The van der Waals surface area contributed by atoms with E-state index in [1.165, 1.54) is 12.1 Å². The van der Waals surface area contributed by atoms with Crippen LogP contribution in [0.5, 0.6) is 0 Å². The number of rotatable bonds is 5. The van der Waals surface area contributed by atoms with E-state index in [2.05, 4.69) is 21.2 Å². The first-order valence-corrected chi connectivity index (χ1v) is 6.58. The molecule has 0 fully saturated rings. The van der Waals surface area contributed by atoms with Gasteiger partial charge in [-0.3, -0.25) is 9.59 Å². The van der Waals surface area contributed by atoms with Crippen LogP contribution in [0.4, 0.5) is 4.39 Å². The number of hydrogen-bond acceptors (Lipinski definition) is 2. The predicted molar refractivity (Wildman–Crippen MR) is 72.4 cm³/mol. The summed E-state index contributed by atoms with van der Waals surface area (Å²) in [4.78, 5) is 22.6. The molecule has 1 amide bonds. The van der Waals surface area contributed by atoms with Crippen molar-refractivity contribution in [3.05, 3.63) is 34.1 Å². The van der Waals surface area contributed by atoms with Gasteiger partial charge in [-0.05, 0) is 40.0 Å². The summed E-state index contributed by atoms with van der Waals surface area (Å²) in [5, 5.41) is 11.4. The van der Waals surface area contributed by atoms with E-state index in [0.29, 0.717) is 0 Å². The van der Waals surface area contributed by atoms with Crippen LogP contribution in [0.3, 0.4) is 0 Å². The van der Waals surface area contributed by atoms with E-state index in [1.54, 1.807) is 0 Å². The predicted octanol–water partition coefficient (Wildman–Crippen LogP) is 2.82. The zero-order chi connectivity index (χ0) is 14.6. The molecule has 0 aromatic heterocycles. The van der Waals surface area contributed by atoms with Crippen molar-refractivity contribution >= 4 is 27.8 Å². The quantitative estimate of drug-likeness (QED) is 0.871. The molecule has 1 aromatic rings. The van der Waals surface area contributed by atoms with Gasteiger partial charge in [0, 0.05) is 11.6 Å². The molecular formula is C13H15BrFNO3. The zero-order valence-electron chi connectivity index (χ0n) is 10.6. The lowest BCUT2D eigenvalue weighted by molar-refractivity contribution is -0.137. The number of carbonyl (C=O) groups excluding carboxylic acids is 1. The molecular weight excluding hydrogens is 317 g/mol. The third-order valence-corrected chi connectivity index (χ3v) is 3.34. The lowest BCUT2D eigenvalue weighted by Gasteiger charge is -2.20. The summed E-state index contributed by atoms with van der Waals surface area (Å²) in [7, 11) is 0. The van der Waals surface area contributed by atoms with Crippen LogP contribution in [0.15, 0.2) is 22.7 Å². The van der Waals surface area contributed by atoms with Crippen LogP contribution in [0, 0.1) is 11.7 Å². The van der Waals surface area contributed by atoms with Crippen LogP contribution in [-0.2, 0) is 4.79 Å². The molecule has 104 valence electrons. The van der Waals surface area contributed by atoms with Crippen molar-refractivity contribution < 1.29 is 19.1 Å². The molecule has 0 aliphatic heterocycles. The molecule has 1 aromatic carbocycles. The first-order chi connectivity index (χ1) is 8.81. The van der Waals surface area contributed by atoms with Gasteiger partial charge in [0.05, 0.1) is 10.9 Å². The molecule has 0 aliphatic carbocycles. The van der Waals surface area contributed by atoms with Gasteiger partial charge in [-0.25, -0.2) is 4.39 Å². The minimum absolute atomic E-state index is 0.0275. The van der Waals surface area contributed by atoms with Crippen molar-refractivity contribution in [3.8, 4) is 0 Å². The smallest absolute Gasteiger partial charge is 0.305 e. The highest BCUT2D eigenvalue weighted by Gasteiger charge is 2.20. The number of aliphatic carboxylic acids is 1. The van der Waals surface area contributed by atoms with E-state index in [9.17, 15) is 14.0 Å². The summed E-state index contributed by atoms with van der Waals surface area (Å²) in [6.45, 7) is 3.63. The molecule has 0 saturated carbocycles. The maximum atomic E-state index is 13.3. The lowest BCUT2D eigenvalue weighted by Crippen LogP contribution is -2.40. The first-order valence-electron chi connectivity index (χ1n) is 5.79. The van der Waals surface area contributed by atoms with Gasteiger partial charge in [0.25, 0.3) is 5.91 Å². The van der Waals surface area contributed by atoms with E-state index < -0.39 is 23.7 Å². The maximum Gasteiger partial charge on any atom is 0.305 e. The Kier molecular flexibility index (Phi) is 5.47. The van der Waals surface area contributed by atoms with Gasteiger partial charge in [-0.1, -0.05) is 13.8 Å². The molecule has 0 spiro atoms. The Hall–Kier alpha value is -1.43. The SMILES string of the molecule is CC(C)C(CC(=O)O)NC(=O)c1ccc(Br)c(F)c1. The summed E-state index contributed by atoms with van der Waals surface area (Å²) >= 11 is 3.00. The standard InChI is InChI=1S/C13H15BrFNO3/c1-7(2)11(6-12(17)18)16-13(19)8-3-4-9(14)10(15)5-8/h3-5,7,11H,6H2,1-2H3,(H,16,19)(H,17,18). The largest absolute Gasteiger partial charge is 0.481 e. The van der Waals surface area contributed by atoms with Crippen LogP contribution >= 0.6 is 15.9 Å². The molecule has 0 heterocycles. The Labute approximate surface area is 119 Å². The number of nitrogens with one attached hydrogen (secondary N) is 1. The third kappa shape index (κ3) is 4.63. The number of halogens is 2. The highest BCUT2D eigenvalue weighted by molar-refractivity contribution is 9.10. The zero-order valence-corrected chi connectivity index (χ0v) is 12.2. The molecule has 1 unspecified atom stereocenters. The average molecular weight is 332 g/mol. The number of carbonyl (C=O) groups is 2. The van der Waals surface area contributed by atoms with Crippen molar-refractivity contribution in [1.29, 1.82) is 0 Å². The van der Waals surface area contributed by atoms with Gasteiger partial charge >= 0.3 is 5.97 Å². The molecule has 1 rings (SSSR count). The summed E-state index contributed by atoms with van der Waals surface area (Å²) in [6, 6.07) is 3.53. The Bertz CT molecular complexity index is 491. The average Bonchev–Trinajstić information content (AvgIpc) is 2.31. The molecule has 19 heavy (non-hydrogen) atoms. The van der Waals surface area contributed by atoms with Crippen LogP contribution in [0.25, 0.3) is 0 Å². The fourth-order valence-corrected chi connectivity index (χ4v) is 1.78. The Morgan fingerprint density at radius 3 is 2.53 bits per heavy atom. The van der Waals surface area contributed by atoms with Gasteiger partial charge < -0.3 is 10.4 Å². The monoisotopic (exact) mass is 331 g/mol. The summed E-state index contributed by atoms with van der Waals surface area (Å²) in [6.07, 6.45) is -0.164. The molecule has 1 atom stereocenters. The highest BCUT2D eigenvalue weighted by Crippen LogP contribution is 2.17. The van der Waals surface area contributed by atoms with Gasteiger partial charge in [0.2, 0.25) is 0 Å². The van der Waals surface area contributed by atoms with Crippen molar-refractivity contribution in [2.75, 3.05) is 0 Å². The second-order valence-corrected chi connectivity index (χ2v) is 5.41. The number of hydrogen-bond donors (Lipinski definition) is 2. The molecule has 0 aliphatic rings. The topological polar surface area (TPSA) is 66.4 Å². The van der Waals surface area contributed by atoms with Gasteiger partial charge in [0.1, 0.15) is 5.82 Å². The summed E-state index contributed by atoms with van der Waals surface area (Å²) < 4.78 is 13.6. The Balaban J connectivity index is 2.81. The van der Waals surface area contributed by atoms with Crippen LogP contribution < -0.4 is 5.32 Å². The van der Waals surface area contributed by atoms with Crippen molar-refractivity contribution in [3.63, 3.8) is 0 Å². The van der Waals surface area contributed by atoms with Gasteiger partial charge in [-0.15, -0.1) is 0 Å². The van der Waals surface area contributed by atoms with Crippen LogP contribution in [-0.4, -0.2) is 23.0 Å². The molecule has 2 N–H and O–H groups in total. The van der Waals surface area contributed by atoms with E-state index >= 15 is 0 Å². The normalized spacial score (nSPS) is 12.3. The molecule has 0 bridgehead atoms. The van der Waals surface area contributed by atoms with Crippen LogP contribution in [0.1, 0.15) is 30.6 Å².